The van der Waals surface area contributed by atoms with Crippen LogP contribution < -0.4 is 5.32 Å². The molecule has 2 aromatic carbocycles. The predicted molar refractivity (Wildman–Crippen MR) is 108 cm³/mol. The quantitative estimate of drug-likeness (QED) is 0.561. The number of halogens is 1. The lowest BCUT2D eigenvalue weighted by Crippen LogP contribution is -2.15. The molecule has 6 heteroatoms. The van der Waals surface area contributed by atoms with Gasteiger partial charge in [0.2, 0.25) is 5.91 Å². The van der Waals surface area contributed by atoms with Crippen molar-refractivity contribution in [3.05, 3.63) is 53.0 Å². The average molecular weight is 418 g/mol. The van der Waals surface area contributed by atoms with E-state index in [0.717, 1.165) is 32.9 Å². The number of nitrogens with zero attached hydrogens (tertiary/aromatic N) is 2. The summed E-state index contributed by atoms with van der Waals surface area (Å²) in [5.41, 5.74) is 2.87. The number of carbonyl (C=O) groups is 1. The Balaban J connectivity index is 1.74. The van der Waals surface area contributed by atoms with Gasteiger partial charge in [-0.05, 0) is 46.1 Å². The van der Waals surface area contributed by atoms with Crippen LogP contribution in [0.4, 0.5) is 5.69 Å². The number of nitrogens with one attached hydrogen (secondary N) is 1. The molecule has 1 heterocycles. The van der Waals surface area contributed by atoms with Crippen LogP contribution in [0, 0.1) is 5.92 Å². The van der Waals surface area contributed by atoms with Crippen LogP contribution in [0.15, 0.2) is 58.2 Å². The van der Waals surface area contributed by atoms with Gasteiger partial charge in [0.1, 0.15) is 0 Å². The maximum absolute atomic E-state index is 12.3. The summed E-state index contributed by atoms with van der Waals surface area (Å²) in [6.45, 7) is 5.25. The van der Waals surface area contributed by atoms with Crippen LogP contribution in [0.3, 0.4) is 0 Å². The van der Waals surface area contributed by atoms with Gasteiger partial charge >= 0.3 is 0 Å². The first-order valence-electron chi connectivity index (χ1n) is 8.17. The Morgan fingerprint density at radius 1 is 1.20 bits per heavy atom. The maximum atomic E-state index is 12.3. The van der Waals surface area contributed by atoms with Crippen molar-refractivity contribution in [2.24, 2.45) is 5.92 Å². The van der Waals surface area contributed by atoms with E-state index in [4.69, 9.17) is 4.98 Å². The van der Waals surface area contributed by atoms with Crippen LogP contribution in [0.25, 0.3) is 11.0 Å². The topological polar surface area (TPSA) is 46.9 Å². The van der Waals surface area contributed by atoms with E-state index in [2.05, 4.69) is 45.7 Å². The zero-order valence-corrected chi connectivity index (χ0v) is 16.6. The van der Waals surface area contributed by atoms with Crippen LogP contribution in [-0.4, -0.2) is 21.2 Å². The molecule has 25 heavy (non-hydrogen) atoms. The Hall–Kier alpha value is -1.79. The van der Waals surface area contributed by atoms with E-state index >= 15 is 0 Å². The number of hydrogen-bond donors (Lipinski definition) is 1. The number of carbonyl (C=O) groups excluding carboxylic acids is 1. The molecule has 0 bridgehead atoms. The number of benzene rings is 2. The lowest BCUT2D eigenvalue weighted by Gasteiger charge is -2.11. The fourth-order valence-electron chi connectivity index (χ4n) is 2.58. The van der Waals surface area contributed by atoms with Crippen LogP contribution in [0.1, 0.15) is 13.8 Å². The molecule has 1 amide bonds. The first kappa shape index (κ1) is 18.0. The van der Waals surface area contributed by atoms with Crippen molar-refractivity contribution in [2.45, 2.75) is 25.5 Å². The molecule has 1 N–H and O–H groups in total. The molecule has 130 valence electrons. The smallest absolute Gasteiger partial charge is 0.234 e. The standard InChI is InChI=1S/C19H20BrN3OS/c1-13(2)11-23-17-10-6-5-9-16(17)22-19(23)25-12-18(24)21-15-8-4-3-7-14(15)20/h3-10,13H,11-12H2,1-2H3,(H,21,24). The SMILES string of the molecule is CC(C)Cn1c(SCC(=O)Nc2ccccc2Br)nc2ccccc21. The Labute approximate surface area is 160 Å². The number of thioether (sulfide) groups is 1. The van der Waals surface area contributed by atoms with Crippen molar-refractivity contribution >= 4 is 50.3 Å². The second-order valence-electron chi connectivity index (χ2n) is 6.20. The molecule has 0 aliphatic heterocycles. The number of aromatic nitrogens is 2. The Morgan fingerprint density at radius 2 is 1.92 bits per heavy atom. The van der Waals surface area contributed by atoms with Gasteiger partial charge in [0.05, 0.1) is 22.5 Å². The number of imidazole rings is 1. The molecule has 3 rings (SSSR count). The first-order valence-corrected chi connectivity index (χ1v) is 9.95. The molecule has 0 unspecified atom stereocenters. The van der Waals surface area contributed by atoms with E-state index in [1.54, 1.807) is 0 Å². The molecule has 1 aromatic heterocycles. The molecule has 0 aliphatic rings. The number of rotatable bonds is 6. The van der Waals surface area contributed by atoms with Crippen molar-refractivity contribution in [3.63, 3.8) is 0 Å². The highest BCUT2D eigenvalue weighted by molar-refractivity contribution is 9.10. The summed E-state index contributed by atoms with van der Waals surface area (Å²) in [6.07, 6.45) is 0. The maximum Gasteiger partial charge on any atom is 0.234 e. The monoisotopic (exact) mass is 417 g/mol. The summed E-state index contributed by atoms with van der Waals surface area (Å²) in [5, 5.41) is 3.82. The minimum Gasteiger partial charge on any atom is -0.324 e. The summed E-state index contributed by atoms with van der Waals surface area (Å²) < 4.78 is 3.08. The number of hydrogen-bond acceptors (Lipinski definition) is 3. The molecular formula is C19H20BrN3OS. The Morgan fingerprint density at radius 3 is 2.68 bits per heavy atom. The summed E-state index contributed by atoms with van der Waals surface area (Å²) in [5.74, 6) is 0.786. The Bertz CT molecular complexity index is 891. The van der Waals surface area contributed by atoms with Crippen LogP contribution >= 0.6 is 27.7 Å². The van der Waals surface area contributed by atoms with Crippen molar-refractivity contribution < 1.29 is 4.79 Å². The van der Waals surface area contributed by atoms with Crippen molar-refractivity contribution in [1.82, 2.24) is 9.55 Å². The van der Waals surface area contributed by atoms with E-state index in [1.807, 2.05) is 42.5 Å². The molecule has 0 radical (unpaired) electrons. The number of fused-ring (bicyclic) bond motifs is 1. The molecule has 0 fully saturated rings. The highest BCUT2D eigenvalue weighted by Gasteiger charge is 2.14. The summed E-state index contributed by atoms with van der Waals surface area (Å²) in [6, 6.07) is 15.7. The van der Waals surface area contributed by atoms with Gasteiger partial charge < -0.3 is 9.88 Å². The first-order chi connectivity index (χ1) is 12.0. The third kappa shape index (κ3) is 4.44. The van der Waals surface area contributed by atoms with Crippen LogP contribution in [0.2, 0.25) is 0 Å². The van der Waals surface area contributed by atoms with Gasteiger partial charge in [-0.2, -0.15) is 0 Å². The minimum atomic E-state index is -0.0416. The van der Waals surface area contributed by atoms with Gasteiger partial charge in [0.15, 0.2) is 5.16 Å². The van der Waals surface area contributed by atoms with Gasteiger partial charge in [-0.1, -0.05) is 49.9 Å². The number of para-hydroxylation sites is 3. The number of anilines is 1. The van der Waals surface area contributed by atoms with Gasteiger partial charge in [0.25, 0.3) is 0 Å². The fourth-order valence-corrected chi connectivity index (χ4v) is 3.79. The molecule has 0 saturated carbocycles. The second-order valence-corrected chi connectivity index (χ2v) is 8.00. The fraction of sp³-hybridized carbons (Fsp3) is 0.263. The lowest BCUT2D eigenvalue weighted by molar-refractivity contribution is -0.113. The van der Waals surface area contributed by atoms with Gasteiger partial charge in [-0.25, -0.2) is 4.98 Å². The number of amides is 1. The molecule has 0 aliphatic carbocycles. The lowest BCUT2D eigenvalue weighted by atomic mass is 10.2. The summed E-state index contributed by atoms with van der Waals surface area (Å²) >= 11 is 4.92. The molecule has 3 aromatic rings. The third-order valence-corrected chi connectivity index (χ3v) is 5.32. The zero-order chi connectivity index (χ0) is 17.8. The highest BCUT2D eigenvalue weighted by atomic mass is 79.9. The normalized spacial score (nSPS) is 11.2. The van der Waals surface area contributed by atoms with E-state index < -0.39 is 0 Å². The van der Waals surface area contributed by atoms with Crippen LogP contribution in [0.5, 0.6) is 0 Å². The molecule has 0 saturated heterocycles. The zero-order valence-electron chi connectivity index (χ0n) is 14.2. The predicted octanol–water partition coefficient (Wildman–Crippen LogP) is 5.19. The Kier molecular flexibility index (Phi) is 5.81. The highest BCUT2D eigenvalue weighted by Crippen LogP contribution is 2.26. The summed E-state index contributed by atoms with van der Waals surface area (Å²) in [7, 11) is 0. The molecule has 4 nitrogen and oxygen atoms in total. The van der Waals surface area contributed by atoms with Gasteiger partial charge in [0, 0.05) is 11.0 Å². The average Bonchev–Trinajstić information content (AvgIpc) is 2.92. The van der Waals surface area contributed by atoms with Crippen molar-refractivity contribution in [1.29, 1.82) is 0 Å². The van der Waals surface area contributed by atoms with E-state index in [1.165, 1.54) is 11.8 Å². The van der Waals surface area contributed by atoms with E-state index in [0.29, 0.717) is 11.7 Å². The van der Waals surface area contributed by atoms with Gasteiger partial charge in [-0.15, -0.1) is 0 Å². The van der Waals surface area contributed by atoms with Crippen molar-refractivity contribution in [2.75, 3.05) is 11.1 Å². The molecule has 0 atom stereocenters. The van der Waals surface area contributed by atoms with E-state index in [9.17, 15) is 4.79 Å². The molecular weight excluding hydrogens is 398 g/mol. The van der Waals surface area contributed by atoms with E-state index in [-0.39, 0.29) is 5.91 Å². The summed E-state index contributed by atoms with van der Waals surface area (Å²) in [4.78, 5) is 17.0. The van der Waals surface area contributed by atoms with Gasteiger partial charge in [-0.3, -0.25) is 4.79 Å². The largest absolute Gasteiger partial charge is 0.324 e. The second kappa shape index (κ2) is 8.06. The molecule has 0 spiro atoms. The van der Waals surface area contributed by atoms with Crippen molar-refractivity contribution in [3.8, 4) is 0 Å². The van der Waals surface area contributed by atoms with Crippen LogP contribution in [-0.2, 0) is 11.3 Å². The third-order valence-electron chi connectivity index (χ3n) is 3.65. The minimum absolute atomic E-state index is 0.0416.